The molecule has 4 aliphatic rings. The minimum Gasteiger partial charge on any atom is -0.489 e. The van der Waals surface area contributed by atoms with Gasteiger partial charge in [0.25, 0.3) is 0 Å². The summed E-state index contributed by atoms with van der Waals surface area (Å²) in [5, 5.41) is 3.86. The number of fused-ring (bicyclic) bond motifs is 3. The minimum atomic E-state index is -3.06. The van der Waals surface area contributed by atoms with Gasteiger partial charge in [-0.25, -0.2) is 14.6 Å². The monoisotopic (exact) mass is 756 g/mol. The van der Waals surface area contributed by atoms with Crippen LogP contribution < -0.4 is 19.8 Å². The van der Waals surface area contributed by atoms with Gasteiger partial charge in [0.15, 0.2) is 29.9 Å². The first-order valence-corrected chi connectivity index (χ1v) is 18.0. The molecule has 0 spiro atoms. The number of H-pyrrole nitrogens is 1. The van der Waals surface area contributed by atoms with Gasteiger partial charge >= 0.3 is 18.6 Å². The maximum Gasteiger partial charge on any atom is 0.387 e. The van der Waals surface area contributed by atoms with E-state index in [1.807, 2.05) is 0 Å². The van der Waals surface area contributed by atoms with Gasteiger partial charge in [-0.3, -0.25) is 4.90 Å². The maximum absolute atomic E-state index is 13.9. The largest absolute Gasteiger partial charge is 0.489 e. The van der Waals surface area contributed by atoms with Crippen LogP contribution in [0.25, 0.3) is 0 Å². The van der Waals surface area contributed by atoms with Gasteiger partial charge < -0.3 is 28.7 Å². The number of ether oxygens (including phenoxy) is 4. The van der Waals surface area contributed by atoms with Gasteiger partial charge in [0.2, 0.25) is 0 Å². The highest BCUT2D eigenvalue weighted by atomic mass is 35.5. The van der Waals surface area contributed by atoms with Crippen LogP contribution in [0, 0.1) is 11.8 Å². The Morgan fingerprint density at radius 3 is 2.44 bits per heavy atom. The van der Waals surface area contributed by atoms with Gasteiger partial charge in [-0.05, 0) is 92.6 Å². The molecule has 1 saturated carbocycles. The summed E-state index contributed by atoms with van der Waals surface area (Å²) in [4.78, 5) is 32.6. The Labute approximate surface area is 309 Å². The number of alkyl halides is 2. The third-order valence-corrected chi connectivity index (χ3v) is 10.4. The van der Waals surface area contributed by atoms with Crippen molar-refractivity contribution in [2.75, 3.05) is 31.6 Å². The molecule has 10 nitrogen and oxygen atoms in total. The van der Waals surface area contributed by atoms with E-state index in [2.05, 4.69) is 15.2 Å². The molecule has 3 saturated heterocycles. The van der Waals surface area contributed by atoms with Crippen molar-refractivity contribution in [2.45, 2.75) is 57.0 Å². The molecule has 2 N–H and O–H groups in total. The molecule has 2 aromatic heterocycles. The number of hydrogen-bond donors (Lipinski definition) is 1. The molecule has 0 amide bonds. The SMILES string of the molecule is O=C(O[C@@H](Cc1c(Cl)c[nH+]cc1Cl)c1ccc(OC(F)F)c(OCC2CC2)c1)c1cccc(NC(C(=O)O[C@H]2CN3CCC2CC3)c2ccoc2)c1. The maximum atomic E-state index is 13.9. The molecule has 0 radical (unpaired) electrons. The smallest absolute Gasteiger partial charge is 0.387 e. The van der Waals surface area contributed by atoms with Crippen molar-refractivity contribution < 1.29 is 46.7 Å². The van der Waals surface area contributed by atoms with Crippen LogP contribution in [0.15, 0.2) is 77.9 Å². The van der Waals surface area contributed by atoms with Crippen molar-refractivity contribution in [3.63, 3.8) is 0 Å². The molecular formula is C38H38Cl2F2N3O7+. The summed E-state index contributed by atoms with van der Waals surface area (Å²) in [6.45, 7) is 0.0298. The molecule has 3 atom stereocenters. The van der Waals surface area contributed by atoms with E-state index in [9.17, 15) is 18.4 Å². The first-order chi connectivity index (χ1) is 25.2. The number of benzene rings is 2. The number of anilines is 1. The van der Waals surface area contributed by atoms with Crippen LogP contribution in [0.1, 0.15) is 64.9 Å². The Morgan fingerprint density at radius 2 is 1.77 bits per heavy atom. The molecule has 1 aliphatic carbocycles. The topological polar surface area (TPSA) is 114 Å². The number of nitrogens with one attached hydrogen (secondary N) is 2. The Bertz CT molecular complexity index is 1850. The van der Waals surface area contributed by atoms with Crippen LogP contribution in [0.2, 0.25) is 10.0 Å². The van der Waals surface area contributed by atoms with Crippen molar-refractivity contribution in [1.29, 1.82) is 0 Å². The van der Waals surface area contributed by atoms with Crippen LogP contribution in [-0.2, 0) is 20.7 Å². The number of furan rings is 1. The van der Waals surface area contributed by atoms with E-state index >= 15 is 0 Å². The summed E-state index contributed by atoms with van der Waals surface area (Å²) in [6.07, 6.45) is 8.94. The highest BCUT2D eigenvalue weighted by Crippen LogP contribution is 2.38. The lowest BCUT2D eigenvalue weighted by atomic mass is 9.86. The van der Waals surface area contributed by atoms with Crippen LogP contribution >= 0.6 is 23.2 Å². The van der Waals surface area contributed by atoms with Gasteiger partial charge in [-0.2, -0.15) is 8.78 Å². The van der Waals surface area contributed by atoms with Crippen molar-refractivity contribution in [2.24, 2.45) is 11.8 Å². The van der Waals surface area contributed by atoms with E-state index in [4.69, 9.17) is 46.6 Å². The minimum absolute atomic E-state index is 0.0567. The Kier molecular flexibility index (Phi) is 11.1. The number of nitrogens with zero attached hydrogens (tertiary/aromatic N) is 1. The first-order valence-electron chi connectivity index (χ1n) is 17.3. The molecule has 2 bridgehead atoms. The lowest BCUT2D eigenvalue weighted by molar-refractivity contribution is -0.377. The molecule has 2 aromatic carbocycles. The van der Waals surface area contributed by atoms with E-state index in [-0.39, 0.29) is 29.6 Å². The second-order valence-corrected chi connectivity index (χ2v) is 14.2. The Morgan fingerprint density at radius 1 is 0.981 bits per heavy atom. The lowest BCUT2D eigenvalue weighted by Gasteiger charge is -2.44. The van der Waals surface area contributed by atoms with Crippen LogP contribution in [0.4, 0.5) is 14.5 Å². The molecule has 8 rings (SSSR count). The predicted molar refractivity (Wildman–Crippen MR) is 187 cm³/mol. The van der Waals surface area contributed by atoms with Gasteiger partial charge in [0, 0.05) is 29.8 Å². The molecule has 1 unspecified atom stereocenters. The van der Waals surface area contributed by atoms with Crippen molar-refractivity contribution in [1.82, 2.24) is 4.90 Å². The Balaban J connectivity index is 1.13. The fourth-order valence-corrected chi connectivity index (χ4v) is 7.22. The number of esters is 2. The molecule has 5 heterocycles. The average molecular weight is 758 g/mol. The number of piperidine rings is 3. The van der Waals surface area contributed by atoms with Crippen molar-refractivity contribution in [3.8, 4) is 11.5 Å². The third kappa shape index (κ3) is 8.79. The predicted octanol–water partition coefficient (Wildman–Crippen LogP) is 7.72. The van der Waals surface area contributed by atoms with Gasteiger partial charge in [0.1, 0.15) is 22.3 Å². The first kappa shape index (κ1) is 36.0. The van der Waals surface area contributed by atoms with Crippen LogP contribution in [0.5, 0.6) is 11.5 Å². The zero-order valence-corrected chi connectivity index (χ0v) is 29.6. The lowest BCUT2D eigenvalue weighted by Crippen LogP contribution is -2.52. The summed E-state index contributed by atoms with van der Waals surface area (Å²) in [7, 11) is 0. The van der Waals surface area contributed by atoms with Crippen LogP contribution in [-0.4, -0.2) is 55.8 Å². The summed E-state index contributed by atoms with van der Waals surface area (Å²) in [5.74, 6) is -0.491. The number of pyridine rings is 1. The van der Waals surface area contributed by atoms with Gasteiger partial charge in [-0.1, -0.05) is 35.3 Å². The quantitative estimate of drug-likeness (QED) is 0.122. The van der Waals surface area contributed by atoms with Gasteiger partial charge in [-0.15, -0.1) is 0 Å². The number of carbonyl (C=O) groups excluding carboxylic acids is 2. The number of hydrogen-bond acceptors (Lipinski definition) is 9. The molecule has 274 valence electrons. The van der Waals surface area contributed by atoms with E-state index < -0.39 is 30.7 Å². The number of aromatic amines is 1. The van der Waals surface area contributed by atoms with Crippen molar-refractivity contribution in [3.05, 3.63) is 106 Å². The van der Waals surface area contributed by atoms with E-state index in [1.54, 1.807) is 42.7 Å². The van der Waals surface area contributed by atoms with Crippen molar-refractivity contribution >= 4 is 40.8 Å². The highest BCUT2D eigenvalue weighted by molar-refractivity contribution is 6.35. The van der Waals surface area contributed by atoms with E-state index in [1.165, 1.54) is 30.7 Å². The third-order valence-electron chi connectivity index (χ3n) is 9.75. The summed E-state index contributed by atoms with van der Waals surface area (Å²) < 4.78 is 54.6. The molecular weight excluding hydrogens is 719 g/mol. The summed E-state index contributed by atoms with van der Waals surface area (Å²) in [6, 6.07) is 11.8. The zero-order chi connectivity index (χ0) is 36.2. The highest BCUT2D eigenvalue weighted by Gasteiger charge is 2.38. The second kappa shape index (κ2) is 16.1. The molecule has 52 heavy (non-hydrogen) atoms. The summed E-state index contributed by atoms with van der Waals surface area (Å²) >= 11 is 13.0. The molecule has 4 fully saturated rings. The number of halogens is 4. The number of rotatable bonds is 15. The van der Waals surface area contributed by atoms with E-state index in [0.29, 0.717) is 57.4 Å². The van der Waals surface area contributed by atoms with E-state index in [0.717, 1.165) is 38.8 Å². The average Bonchev–Trinajstić information content (AvgIpc) is 3.82. The zero-order valence-electron chi connectivity index (χ0n) is 28.1. The standard InChI is InChI=1S/C38H37Cl2F2N3O7/c39-29-17-43-18-30(40)28(29)16-32(24-6-7-31(52-38(41)42)33(15-24)49-20-22-4-5-22)50-36(46)25-2-1-3-27(14-25)44-35(26-10-13-48-21-26)37(47)51-34-19-45-11-8-23(34)9-12-45/h1-3,6-7,10,13-15,17-18,21-23,32,34-35,38,44H,4-5,8-9,11-12,16,19-20H2/p+1/t32-,34-,35?/m0/s1. The fourth-order valence-electron chi connectivity index (χ4n) is 6.69. The number of carbonyl (C=O) groups is 2. The molecule has 14 heteroatoms. The number of aromatic nitrogens is 1. The molecule has 4 aromatic rings. The fraction of sp³-hybridized carbons (Fsp3) is 0.395. The molecule has 3 aliphatic heterocycles. The Hall–Kier alpha value is -4.39. The summed E-state index contributed by atoms with van der Waals surface area (Å²) in [5.41, 5.74) is 2.19. The van der Waals surface area contributed by atoms with Crippen LogP contribution in [0.3, 0.4) is 0 Å². The normalized spacial score (nSPS) is 20.6. The second-order valence-electron chi connectivity index (χ2n) is 13.4. The van der Waals surface area contributed by atoms with Gasteiger partial charge in [0.05, 0.1) is 24.7 Å².